The Morgan fingerprint density at radius 1 is 0.536 bits per heavy atom. The molecule has 0 saturated heterocycles. The molecule has 0 nitrogen and oxygen atoms in total. The Hall–Kier alpha value is -2.34. The molecule has 3 aromatic carbocycles. The van der Waals surface area contributed by atoms with E-state index in [1.807, 2.05) is 0 Å². The van der Waals surface area contributed by atoms with Gasteiger partial charge in [-0.05, 0) is 46.9 Å². The Morgan fingerprint density at radius 3 is 1.64 bits per heavy atom. The summed E-state index contributed by atoms with van der Waals surface area (Å²) in [5.74, 6) is 1.78. The Labute approximate surface area is 168 Å². The van der Waals surface area contributed by atoms with E-state index in [1.54, 1.807) is 11.1 Å². The smallest absolute Gasteiger partial charge is 0.000956 e. The molecule has 0 radical (unpaired) electrons. The van der Waals surface area contributed by atoms with E-state index in [0.717, 1.165) is 11.8 Å². The molecule has 0 unspecified atom stereocenters. The van der Waals surface area contributed by atoms with Crippen molar-refractivity contribution < 1.29 is 0 Å². The summed E-state index contributed by atoms with van der Waals surface area (Å²) in [5.41, 5.74) is 6.77. The normalized spacial score (nSPS) is 31.2. The molecule has 3 aromatic rings. The van der Waals surface area contributed by atoms with E-state index in [0.29, 0.717) is 10.8 Å². The molecule has 0 aliphatic heterocycles. The molecular weight excluding hydrogens is 336 g/mol. The lowest BCUT2D eigenvalue weighted by atomic mass is 9.24. The standard InChI is InChI=1S/C28H28/c1-3-9-21(10-4-1)22-15-17-25(18-16-22)28-19-27(20-28,24-13-5-2-6-14-24)26(28)23-11-7-8-12-23/h1-6,9-10,13-18,23,26H,7-8,11-12,19-20H2/t26-,27?,28?/m0/s1. The molecule has 2 bridgehead atoms. The van der Waals surface area contributed by atoms with Crippen molar-refractivity contribution in [1.29, 1.82) is 0 Å². The van der Waals surface area contributed by atoms with E-state index in [2.05, 4.69) is 84.9 Å². The summed E-state index contributed by atoms with van der Waals surface area (Å²) in [6.45, 7) is 0. The van der Waals surface area contributed by atoms with Crippen LogP contribution in [0.1, 0.15) is 49.7 Å². The quantitative estimate of drug-likeness (QED) is 0.461. The van der Waals surface area contributed by atoms with Crippen LogP contribution in [-0.4, -0.2) is 0 Å². The summed E-state index contributed by atoms with van der Waals surface area (Å²) in [4.78, 5) is 0. The highest BCUT2D eigenvalue weighted by Gasteiger charge is 2.77. The Kier molecular flexibility index (Phi) is 3.60. The van der Waals surface area contributed by atoms with Crippen molar-refractivity contribution in [3.05, 3.63) is 96.1 Å². The van der Waals surface area contributed by atoms with Gasteiger partial charge in [-0.15, -0.1) is 0 Å². The molecule has 0 spiro atoms. The minimum Gasteiger partial charge on any atom is -0.0622 e. The van der Waals surface area contributed by atoms with Crippen LogP contribution in [-0.2, 0) is 10.8 Å². The van der Waals surface area contributed by atoms with E-state index in [1.165, 1.54) is 49.7 Å². The maximum absolute atomic E-state index is 2.44. The molecule has 0 N–H and O–H groups in total. The number of benzene rings is 3. The first kappa shape index (κ1) is 16.6. The van der Waals surface area contributed by atoms with Gasteiger partial charge in [-0.2, -0.15) is 0 Å². The highest BCUT2D eigenvalue weighted by Crippen LogP contribution is 2.80. The molecular formula is C28H28. The summed E-state index contributed by atoms with van der Waals surface area (Å²) in [6, 6.07) is 31.8. The van der Waals surface area contributed by atoms with Crippen molar-refractivity contribution in [1.82, 2.24) is 0 Å². The lowest BCUT2D eigenvalue weighted by Gasteiger charge is -2.79. The molecule has 0 heterocycles. The SMILES string of the molecule is c1ccc(-c2ccc(C34CC(c5ccccc5)(C3)[C@@H]4C3CCCC3)cc2)cc1. The highest BCUT2D eigenvalue weighted by molar-refractivity contribution is 5.64. The van der Waals surface area contributed by atoms with Crippen LogP contribution in [0, 0.1) is 11.8 Å². The van der Waals surface area contributed by atoms with E-state index in [4.69, 9.17) is 0 Å². The van der Waals surface area contributed by atoms with Crippen LogP contribution in [0.3, 0.4) is 0 Å². The zero-order chi connectivity index (χ0) is 18.6. The van der Waals surface area contributed by atoms with Gasteiger partial charge in [-0.1, -0.05) is 111 Å². The van der Waals surface area contributed by atoms with Crippen LogP contribution in [0.25, 0.3) is 11.1 Å². The predicted octanol–water partition coefficient (Wildman–Crippen LogP) is 7.14. The number of hydrogen-bond acceptors (Lipinski definition) is 0. The molecule has 1 atom stereocenters. The Morgan fingerprint density at radius 2 is 1.04 bits per heavy atom. The molecule has 0 aromatic heterocycles. The van der Waals surface area contributed by atoms with Crippen LogP contribution < -0.4 is 0 Å². The van der Waals surface area contributed by atoms with Crippen molar-refractivity contribution in [2.24, 2.45) is 11.8 Å². The van der Waals surface area contributed by atoms with Gasteiger partial charge in [0.15, 0.2) is 0 Å². The third kappa shape index (κ3) is 2.18. The predicted molar refractivity (Wildman–Crippen MR) is 116 cm³/mol. The monoisotopic (exact) mass is 364 g/mol. The minimum atomic E-state index is 0.445. The molecule has 28 heavy (non-hydrogen) atoms. The maximum atomic E-state index is 2.44. The summed E-state index contributed by atoms with van der Waals surface area (Å²) in [6.07, 6.45) is 8.49. The van der Waals surface area contributed by atoms with E-state index >= 15 is 0 Å². The third-order valence-electron chi connectivity index (χ3n) is 8.24. The molecule has 140 valence electrons. The molecule has 4 aliphatic rings. The molecule has 4 saturated carbocycles. The molecule has 7 rings (SSSR count). The van der Waals surface area contributed by atoms with Gasteiger partial charge < -0.3 is 0 Å². The van der Waals surface area contributed by atoms with E-state index < -0.39 is 0 Å². The van der Waals surface area contributed by atoms with Crippen LogP contribution in [0.2, 0.25) is 0 Å². The molecule has 0 amide bonds. The lowest BCUT2D eigenvalue weighted by molar-refractivity contribution is -0.184. The third-order valence-corrected chi connectivity index (χ3v) is 8.24. The topological polar surface area (TPSA) is 0 Å². The second-order valence-electron chi connectivity index (χ2n) is 9.50. The first-order chi connectivity index (χ1) is 13.8. The van der Waals surface area contributed by atoms with Crippen LogP contribution >= 0.6 is 0 Å². The van der Waals surface area contributed by atoms with Gasteiger partial charge in [0.25, 0.3) is 0 Å². The van der Waals surface area contributed by atoms with Gasteiger partial charge in [0.2, 0.25) is 0 Å². The average Bonchev–Trinajstić information content (AvgIpc) is 3.22. The highest BCUT2D eigenvalue weighted by atomic mass is 14.8. The van der Waals surface area contributed by atoms with Gasteiger partial charge in [0, 0.05) is 10.8 Å². The van der Waals surface area contributed by atoms with Gasteiger partial charge >= 0.3 is 0 Å². The van der Waals surface area contributed by atoms with Crippen LogP contribution in [0.5, 0.6) is 0 Å². The zero-order valence-corrected chi connectivity index (χ0v) is 16.5. The van der Waals surface area contributed by atoms with Crippen LogP contribution in [0.4, 0.5) is 0 Å². The van der Waals surface area contributed by atoms with Crippen molar-refractivity contribution in [3.8, 4) is 11.1 Å². The minimum absolute atomic E-state index is 0.445. The number of hydrogen-bond donors (Lipinski definition) is 0. The van der Waals surface area contributed by atoms with Crippen molar-refractivity contribution in [2.45, 2.75) is 49.4 Å². The van der Waals surface area contributed by atoms with Gasteiger partial charge in [0.1, 0.15) is 0 Å². The molecule has 0 heteroatoms. The summed E-state index contributed by atoms with van der Waals surface area (Å²) in [7, 11) is 0. The summed E-state index contributed by atoms with van der Waals surface area (Å²) < 4.78 is 0. The largest absolute Gasteiger partial charge is 0.0622 e. The fraction of sp³-hybridized carbons (Fsp3) is 0.357. The van der Waals surface area contributed by atoms with Gasteiger partial charge in [-0.25, -0.2) is 0 Å². The van der Waals surface area contributed by atoms with Crippen molar-refractivity contribution in [2.75, 3.05) is 0 Å². The fourth-order valence-electron chi connectivity index (χ4n) is 7.14. The van der Waals surface area contributed by atoms with Crippen LogP contribution in [0.15, 0.2) is 84.9 Å². The van der Waals surface area contributed by atoms with Gasteiger partial charge in [-0.3, -0.25) is 0 Å². The first-order valence-electron chi connectivity index (χ1n) is 11.0. The van der Waals surface area contributed by atoms with E-state index in [9.17, 15) is 0 Å². The summed E-state index contributed by atoms with van der Waals surface area (Å²) in [5, 5.41) is 0. The molecule has 4 fully saturated rings. The Bertz CT molecular complexity index is 956. The Balaban J connectivity index is 1.34. The van der Waals surface area contributed by atoms with Gasteiger partial charge in [0.05, 0.1) is 0 Å². The van der Waals surface area contributed by atoms with E-state index in [-0.39, 0.29) is 0 Å². The summed E-state index contributed by atoms with van der Waals surface area (Å²) >= 11 is 0. The second-order valence-corrected chi connectivity index (χ2v) is 9.50. The maximum Gasteiger partial charge on any atom is 0.000956 e. The fourth-order valence-corrected chi connectivity index (χ4v) is 7.14. The van der Waals surface area contributed by atoms with Crippen molar-refractivity contribution in [3.63, 3.8) is 0 Å². The lowest BCUT2D eigenvalue weighted by Crippen LogP contribution is -2.77. The zero-order valence-electron chi connectivity index (χ0n) is 16.5. The first-order valence-corrected chi connectivity index (χ1v) is 11.0. The average molecular weight is 365 g/mol. The number of rotatable bonds is 4. The van der Waals surface area contributed by atoms with Crippen molar-refractivity contribution >= 4 is 0 Å². The molecule has 4 aliphatic carbocycles. The second kappa shape index (κ2) is 6.08.